The molecule has 29 heavy (non-hydrogen) atoms. The Kier molecular flexibility index (Phi) is 5.19. The molecule has 2 aromatic carbocycles. The molecule has 0 aliphatic rings. The summed E-state index contributed by atoms with van der Waals surface area (Å²) in [7, 11) is 0. The molecule has 2 N–H and O–H groups in total. The highest BCUT2D eigenvalue weighted by molar-refractivity contribution is 6.40. The van der Waals surface area contributed by atoms with Crippen LogP contribution in [0.4, 0.5) is 5.82 Å². The number of rotatable bonds is 4. The quantitative estimate of drug-likeness (QED) is 0.480. The minimum Gasteiger partial charge on any atom is -0.305 e. The summed E-state index contributed by atoms with van der Waals surface area (Å²) in [5.41, 5.74) is 0.218. The zero-order chi connectivity index (χ0) is 20.5. The molecule has 7 nitrogen and oxygen atoms in total. The molecule has 0 fully saturated rings. The molecule has 0 saturated heterocycles. The zero-order valence-electron chi connectivity index (χ0n) is 14.6. The number of nitrogens with one attached hydrogen (secondary N) is 2. The molecule has 0 unspecified atom stereocenters. The number of amides is 1. The van der Waals surface area contributed by atoms with Crippen LogP contribution in [0.3, 0.4) is 0 Å². The zero-order valence-corrected chi connectivity index (χ0v) is 16.8. The average molecular weight is 449 g/mol. The minimum atomic E-state index is -0.511. The molecular weight excluding hydrogens is 437 g/mol. The normalized spacial score (nSPS) is 10.9. The van der Waals surface area contributed by atoms with Crippen molar-refractivity contribution in [2.45, 2.75) is 0 Å². The van der Waals surface area contributed by atoms with E-state index < -0.39 is 11.5 Å². The highest BCUT2D eigenvalue weighted by Gasteiger charge is 2.22. The van der Waals surface area contributed by atoms with Gasteiger partial charge >= 0.3 is 0 Å². The fourth-order valence-electron chi connectivity index (χ4n) is 2.81. The highest BCUT2D eigenvalue weighted by atomic mass is 35.5. The second-order valence-electron chi connectivity index (χ2n) is 5.96. The van der Waals surface area contributed by atoms with Gasteiger partial charge in [-0.15, -0.1) is 0 Å². The van der Waals surface area contributed by atoms with E-state index in [9.17, 15) is 9.59 Å². The fraction of sp³-hybridized carbons (Fsp3) is 0. The summed E-state index contributed by atoms with van der Waals surface area (Å²) in [5, 5.41) is 10.3. The highest BCUT2D eigenvalue weighted by Crippen LogP contribution is 2.32. The van der Waals surface area contributed by atoms with Crippen LogP contribution >= 0.6 is 34.8 Å². The van der Waals surface area contributed by atoms with Crippen molar-refractivity contribution in [1.82, 2.24) is 19.6 Å². The van der Waals surface area contributed by atoms with Crippen molar-refractivity contribution in [1.29, 1.82) is 0 Å². The van der Waals surface area contributed by atoms with E-state index in [-0.39, 0.29) is 27.2 Å². The first-order valence-corrected chi connectivity index (χ1v) is 9.45. The van der Waals surface area contributed by atoms with Crippen LogP contribution in [0.5, 0.6) is 0 Å². The number of H-pyrrole nitrogens is 1. The number of carbonyl (C=O) groups is 1. The Morgan fingerprint density at radius 3 is 2.31 bits per heavy atom. The van der Waals surface area contributed by atoms with E-state index in [1.165, 1.54) is 23.0 Å². The third kappa shape index (κ3) is 3.67. The number of anilines is 1. The Balaban J connectivity index is 1.87. The number of hydrogen-bond acceptors (Lipinski definition) is 3. The van der Waals surface area contributed by atoms with Gasteiger partial charge in [-0.3, -0.25) is 14.7 Å². The third-order valence-corrected chi connectivity index (χ3v) is 4.87. The van der Waals surface area contributed by atoms with Gasteiger partial charge in [0.1, 0.15) is 5.69 Å². The largest absolute Gasteiger partial charge is 0.305 e. The molecule has 0 atom stereocenters. The summed E-state index contributed by atoms with van der Waals surface area (Å²) in [5.74, 6) is -0.268. The molecule has 0 aliphatic heterocycles. The van der Waals surface area contributed by atoms with Gasteiger partial charge in [0.05, 0.1) is 10.0 Å². The van der Waals surface area contributed by atoms with Crippen LogP contribution < -0.4 is 10.9 Å². The third-order valence-electron chi connectivity index (χ3n) is 4.08. The van der Waals surface area contributed by atoms with E-state index in [2.05, 4.69) is 15.5 Å². The number of halogens is 3. The first-order chi connectivity index (χ1) is 14.0. The molecule has 2 aromatic heterocycles. The van der Waals surface area contributed by atoms with Crippen molar-refractivity contribution < 1.29 is 4.79 Å². The molecule has 10 heteroatoms. The van der Waals surface area contributed by atoms with Crippen molar-refractivity contribution in [2.24, 2.45) is 0 Å². The lowest BCUT2D eigenvalue weighted by Crippen LogP contribution is -2.19. The van der Waals surface area contributed by atoms with Gasteiger partial charge < -0.3 is 5.32 Å². The predicted molar refractivity (Wildman–Crippen MR) is 113 cm³/mol. The van der Waals surface area contributed by atoms with Gasteiger partial charge in [0.15, 0.2) is 11.5 Å². The van der Waals surface area contributed by atoms with E-state index in [4.69, 9.17) is 34.8 Å². The summed E-state index contributed by atoms with van der Waals surface area (Å²) >= 11 is 18.5. The average Bonchev–Trinajstić information content (AvgIpc) is 3.30. The number of aromatic nitrogens is 4. The van der Waals surface area contributed by atoms with Gasteiger partial charge in [0.2, 0.25) is 0 Å². The summed E-state index contributed by atoms with van der Waals surface area (Å²) < 4.78 is 2.48. The maximum Gasteiger partial charge on any atom is 0.299 e. The Bertz CT molecular complexity index is 1220. The van der Waals surface area contributed by atoms with Gasteiger partial charge in [-0.25, -0.2) is 9.36 Å². The lowest BCUT2D eigenvalue weighted by Gasteiger charge is -2.08. The predicted octanol–water partition coefficient (Wildman–Crippen LogP) is 4.56. The van der Waals surface area contributed by atoms with Gasteiger partial charge in [-0.1, -0.05) is 53.0 Å². The standard InChI is InChI=1S/C19H12Cl3N5O2/c20-12-9-13(21)15(14(22)10-12)27-19(29)16(26-8-4-7-23-26)17(25-27)24-18(28)11-5-2-1-3-6-11/h1-10,25H,(H,24,28). The first kappa shape index (κ1) is 19.3. The van der Waals surface area contributed by atoms with Gasteiger partial charge in [0.25, 0.3) is 11.5 Å². The second-order valence-corrected chi connectivity index (χ2v) is 7.22. The monoisotopic (exact) mass is 447 g/mol. The summed E-state index contributed by atoms with van der Waals surface area (Å²) in [6.07, 6.45) is 3.10. The van der Waals surface area contributed by atoms with Gasteiger partial charge in [-0.2, -0.15) is 5.10 Å². The molecular formula is C19H12Cl3N5O2. The Labute approximate surface area is 179 Å². The number of hydrogen-bond donors (Lipinski definition) is 2. The molecule has 1 amide bonds. The van der Waals surface area contributed by atoms with Crippen LogP contribution in [0.25, 0.3) is 11.4 Å². The molecule has 0 saturated carbocycles. The van der Waals surface area contributed by atoms with Crippen LogP contribution in [-0.4, -0.2) is 25.5 Å². The Morgan fingerprint density at radius 1 is 1.00 bits per heavy atom. The lowest BCUT2D eigenvalue weighted by atomic mass is 10.2. The number of aromatic amines is 1. The smallest absolute Gasteiger partial charge is 0.299 e. The van der Waals surface area contributed by atoms with Crippen LogP contribution in [0.15, 0.2) is 65.7 Å². The van der Waals surface area contributed by atoms with E-state index >= 15 is 0 Å². The van der Waals surface area contributed by atoms with Gasteiger partial charge in [-0.05, 0) is 30.3 Å². The summed E-state index contributed by atoms with van der Waals surface area (Å²) in [4.78, 5) is 25.8. The van der Waals surface area contributed by atoms with Crippen LogP contribution in [0, 0.1) is 0 Å². The van der Waals surface area contributed by atoms with Crippen molar-refractivity contribution in [3.8, 4) is 11.4 Å². The van der Waals surface area contributed by atoms with Gasteiger partial charge in [0, 0.05) is 23.0 Å². The number of nitrogens with zero attached hydrogens (tertiary/aromatic N) is 3. The van der Waals surface area contributed by atoms with E-state index in [0.717, 1.165) is 4.68 Å². The molecule has 4 aromatic rings. The minimum absolute atomic E-state index is 0.0985. The molecule has 146 valence electrons. The van der Waals surface area contributed by atoms with Crippen molar-refractivity contribution in [3.63, 3.8) is 0 Å². The van der Waals surface area contributed by atoms with Crippen LogP contribution in [-0.2, 0) is 0 Å². The lowest BCUT2D eigenvalue weighted by molar-refractivity contribution is 0.102. The van der Waals surface area contributed by atoms with Crippen molar-refractivity contribution in [3.05, 3.63) is 91.9 Å². The first-order valence-electron chi connectivity index (χ1n) is 8.32. The molecule has 0 aliphatic carbocycles. The van der Waals surface area contributed by atoms with Crippen molar-refractivity contribution >= 4 is 46.5 Å². The van der Waals surface area contributed by atoms with E-state index in [0.29, 0.717) is 10.6 Å². The molecule has 0 spiro atoms. The molecule has 4 rings (SSSR count). The van der Waals surface area contributed by atoms with Crippen molar-refractivity contribution in [2.75, 3.05) is 5.32 Å². The maximum absolute atomic E-state index is 13.2. The van der Waals surface area contributed by atoms with Crippen LogP contribution in [0.1, 0.15) is 10.4 Å². The summed E-state index contributed by atoms with van der Waals surface area (Å²) in [6, 6.07) is 13.2. The maximum atomic E-state index is 13.2. The number of carbonyl (C=O) groups excluding carboxylic acids is 1. The molecule has 0 bridgehead atoms. The Morgan fingerprint density at radius 2 is 1.69 bits per heavy atom. The SMILES string of the molecule is O=C(Nc1[nH]n(-c2c(Cl)cc(Cl)cc2Cl)c(=O)c1-n1cccn1)c1ccccc1. The van der Waals surface area contributed by atoms with E-state index in [1.54, 1.807) is 42.6 Å². The summed E-state index contributed by atoms with van der Waals surface area (Å²) in [6.45, 7) is 0. The van der Waals surface area contributed by atoms with E-state index in [1.807, 2.05) is 0 Å². The fourth-order valence-corrected chi connectivity index (χ4v) is 3.80. The van der Waals surface area contributed by atoms with Crippen LogP contribution in [0.2, 0.25) is 15.1 Å². The molecule has 0 radical (unpaired) electrons. The molecule has 2 heterocycles. The topological polar surface area (TPSA) is 84.7 Å². The number of benzene rings is 2. The Hall–Kier alpha value is -3.00. The second kappa shape index (κ2) is 7.79.